The third-order valence-electron chi connectivity index (χ3n) is 4.08. The first-order valence-corrected chi connectivity index (χ1v) is 6.63. The highest BCUT2D eigenvalue weighted by Crippen LogP contribution is 2.26. The smallest absolute Gasteiger partial charge is 0.158 e. The van der Waals surface area contributed by atoms with Crippen LogP contribution in [0, 0.1) is 0 Å². The maximum Gasteiger partial charge on any atom is 0.158 e. The molecule has 1 aromatic heterocycles. The predicted octanol–water partition coefficient (Wildman–Crippen LogP) is 0.425. The van der Waals surface area contributed by atoms with Gasteiger partial charge in [-0.2, -0.15) is 0 Å². The van der Waals surface area contributed by atoms with Crippen LogP contribution >= 0.6 is 0 Å². The highest BCUT2D eigenvalue weighted by atomic mass is 16.7. The Morgan fingerprint density at radius 3 is 2.79 bits per heavy atom. The molecular formula is C13H24N4O2. The number of nitrogens with zero attached hydrogens (tertiary/aromatic N) is 3. The summed E-state index contributed by atoms with van der Waals surface area (Å²) >= 11 is 0. The van der Waals surface area contributed by atoms with Gasteiger partial charge in [0.2, 0.25) is 0 Å². The summed E-state index contributed by atoms with van der Waals surface area (Å²) in [5.41, 5.74) is 5.87. The summed E-state index contributed by atoms with van der Waals surface area (Å²) in [5, 5.41) is 0. The van der Waals surface area contributed by atoms with E-state index in [1.807, 2.05) is 12.4 Å². The molecule has 1 aliphatic rings. The van der Waals surface area contributed by atoms with Gasteiger partial charge < -0.3 is 19.8 Å². The molecular weight excluding hydrogens is 244 g/mol. The Morgan fingerprint density at radius 1 is 1.42 bits per heavy atom. The summed E-state index contributed by atoms with van der Waals surface area (Å²) < 4.78 is 12.8. The Balaban J connectivity index is 2.09. The number of ether oxygens (including phenoxy) is 2. The van der Waals surface area contributed by atoms with Crippen molar-refractivity contribution in [2.45, 2.75) is 38.3 Å². The summed E-state index contributed by atoms with van der Waals surface area (Å²) in [7, 11) is 3.32. The molecule has 1 aromatic rings. The van der Waals surface area contributed by atoms with Crippen LogP contribution in [-0.4, -0.2) is 53.6 Å². The number of nitrogens with two attached hydrogens (primary N) is 1. The topological polar surface area (TPSA) is 65.5 Å². The minimum Gasteiger partial charge on any atom is -0.356 e. The largest absolute Gasteiger partial charge is 0.356 e. The second kappa shape index (κ2) is 6.00. The summed E-state index contributed by atoms with van der Waals surface area (Å²) in [6.45, 7) is 5.47. The summed E-state index contributed by atoms with van der Waals surface area (Å²) in [5.74, 6) is 1.09. The first-order valence-electron chi connectivity index (χ1n) is 6.63. The zero-order valence-corrected chi connectivity index (χ0v) is 12.0. The molecule has 6 nitrogen and oxygen atoms in total. The van der Waals surface area contributed by atoms with Crippen LogP contribution in [0.2, 0.25) is 0 Å². The van der Waals surface area contributed by atoms with Gasteiger partial charge in [-0.3, -0.25) is 4.90 Å². The number of hydrogen-bond acceptors (Lipinski definition) is 5. The Kier molecular flexibility index (Phi) is 4.57. The SMILES string of the molecule is COC(CC(C)(CN)N1CCn2ccnc2C1)OC. The molecule has 1 atom stereocenters. The molecule has 0 spiro atoms. The van der Waals surface area contributed by atoms with Gasteiger partial charge >= 0.3 is 0 Å². The Labute approximate surface area is 114 Å². The van der Waals surface area contributed by atoms with Gasteiger partial charge in [0.25, 0.3) is 0 Å². The van der Waals surface area contributed by atoms with Crippen LogP contribution in [0.3, 0.4) is 0 Å². The van der Waals surface area contributed by atoms with Crippen molar-refractivity contribution in [3.63, 3.8) is 0 Å². The lowest BCUT2D eigenvalue weighted by molar-refractivity contribution is -0.130. The van der Waals surface area contributed by atoms with E-state index in [0.717, 1.165) is 31.9 Å². The molecule has 19 heavy (non-hydrogen) atoms. The molecule has 0 amide bonds. The predicted molar refractivity (Wildman–Crippen MR) is 72.5 cm³/mol. The molecule has 0 fully saturated rings. The Morgan fingerprint density at radius 2 is 2.16 bits per heavy atom. The Hall–Kier alpha value is -0.950. The van der Waals surface area contributed by atoms with Gasteiger partial charge in [0, 0.05) is 58.2 Å². The van der Waals surface area contributed by atoms with Gasteiger partial charge in [-0.15, -0.1) is 0 Å². The van der Waals surface area contributed by atoms with Crippen molar-refractivity contribution in [3.8, 4) is 0 Å². The van der Waals surface area contributed by atoms with E-state index in [4.69, 9.17) is 15.2 Å². The van der Waals surface area contributed by atoms with Crippen LogP contribution in [0.5, 0.6) is 0 Å². The van der Waals surface area contributed by atoms with Gasteiger partial charge in [0.05, 0.1) is 6.54 Å². The second-order valence-electron chi connectivity index (χ2n) is 5.26. The fourth-order valence-electron chi connectivity index (χ4n) is 2.60. The summed E-state index contributed by atoms with van der Waals surface area (Å²) in [6, 6.07) is 0. The van der Waals surface area contributed by atoms with Crippen molar-refractivity contribution in [3.05, 3.63) is 18.2 Å². The standard InChI is InChI=1S/C13H24N4O2/c1-13(10-14,8-12(18-2)19-3)17-7-6-16-5-4-15-11(16)9-17/h4-5,12H,6-10,14H2,1-3H3. The maximum atomic E-state index is 6.01. The van der Waals surface area contributed by atoms with E-state index in [-0.39, 0.29) is 11.8 Å². The van der Waals surface area contributed by atoms with Crippen LogP contribution < -0.4 is 5.73 Å². The quantitative estimate of drug-likeness (QED) is 0.758. The van der Waals surface area contributed by atoms with Gasteiger partial charge in [-0.05, 0) is 6.92 Å². The summed E-state index contributed by atoms with van der Waals surface area (Å²) in [6.07, 6.45) is 4.40. The fraction of sp³-hybridized carbons (Fsp3) is 0.769. The van der Waals surface area contributed by atoms with Gasteiger partial charge in [0.1, 0.15) is 5.82 Å². The van der Waals surface area contributed by atoms with Crippen molar-refractivity contribution in [2.24, 2.45) is 5.73 Å². The highest BCUT2D eigenvalue weighted by Gasteiger charge is 2.35. The molecule has 0 aromatic carbocycles. The molecule has 1 aliphatic heterocycles. The lowest BCUT2D eigenvalue weighted by atomic mass is 9.94. The van der Waals surface area contributed by atoms with Crippen molar-refractivity contribution in [1.29, 1.82) is 0 Å². The monoisotopic (exact) mass is 268 g/mol. The fourth-order valence-corrected chi connectivity index (χ4v) is 2.60. The van der Waals surface area contributed by atoms with Crippen molar-refractivity contribution in [1.82, 2.24) is 14.5 Å². The minimum absolute atomic E-state index is 0.145. The van der Waals surface area contributed by atoms with E-state index < -0.39 is 0 Å². The number of imidazole rings is 1. The average molecular weight is 268 g/mol. The molecule has 1 unspecified atom stereocenters. The van der Waals surface area contributed by atoms with Crippen LogP contribution in [-0.2, 0) is 22.6 Å². The molecule has 0 saturated heterocycles. The van der Waals surface area contributed by atoms with Gasteiger partial charge in [-0.25, -0.2) is 4.98 Å². The third-order valence-corrected chi connectivity index (χ3v) is 4.08. The number of methoxy groups -OCH3 is 2. The number of hydrogen-bond donors (Lipinski definition) is 1. The third kappa shape index (κ3) is 2.97. The summed E-state index contributed by atoms with van der Waals surface area (Å²) in [4.78, 5) is 6.77. The lowest BCUT2D eigenvalue weighted by Crippen LogP contribution is -2.55. The molecule has 2 N–H and O–H groups in total. The maximum absolute atomic E-state index is 6.01. The van der Waals surface area contributed by atoms with Gasteiger partial charge in [-0.1, -0.05) is 0 Å². The average Bonchev–Trinajstić information content (AvgIpc) is 2.91. The zero-order chi connectivity index (χ0) is 13.9. The van der Waals surface area contributed by atoms with Crippen LogP contribution in [0.25, 0.3) is 0 Å². The molecule has 108 valence electrons. The number of aromatic nitrogens is 2. The van der Waals surface area contributed by atoms with E-state index >= 15 is 0 Å². The van der Waals surface area contributed by atoms with Gasteiger partial charge in [0.15, 0.2) is 6.29 Å². The van der Waals surface area contributed by atoms with Crippen molar-refractivity contribution < 1.29 is 9.47 Å². The van der Waals surface area contributed by atoms with Crippen molar-refractivity contribution >= 4 is 0 Å². The first-order chi connectivity index (χ1) is 9.12. The molecule has 2 heterocycles. The number of fused-ring (bicyclic) bond motifs is 1. The van der Waals surface area contributed by atoms with E-state index in [1.54, 1.807) is 14.2 Å². The molecule has 0 radical (unpaired) electrons. The van der Waals surface area contributed by atoms with E-state index in [1.165, 1.54) is 0 Å². The van der Waals surface area contributed by atoms with E-state index in [9.17, 15) is 0 Å². The van der Waals surface area contributed by atoms with Crippen LogP contribution in [0.15, 0.2) is 12.4 Å². The zero-order valence-electron chi connectivity index (χ0n) is 12.0. The molecule has 0 bridgehead atoms. The minimum atomic E-state index is -0.227. The molecule has 6 heteroatoms. The first kappa shape index (κ1) is 14.5. The molecule has 2 rings (SSSR count). The highest BCUT2D eigenvalue weighted by molar-refractivity contribution is 5.00. The van der Waals surface area contributed by atoms with Crippen LogP contribution in [0.1, 0.15) is 19.2 Å². The van der Waals surface area contributed by atoms with Crippen molar-refractivity contribution in [2.75, 3.05) is 27.3 Å². The molecule has 0 aliphatic carbocycles. The lowest BCUT2D eigenvalue weighted by Gasteiger charge is -2.43. The Bertz CT molecular complexity index is 405. The van der Waals surface area contributed by atoms with E-state index in [2.05, 4.69) is 21.4 Å². The number of rotatable bonds is 6. The second-order valence-corrected chi connectivity index (χ2v) is 5.26. The normalized spacial score (nSPS) is 19.4. The molecule has 0 saturated carbocycles. The van der Waals surface area contributed by atoms with Crippen LogP contribution in [0.4, 0.5) is 0 Å². The van der Waals surface area contributed by atoms with E-state index in [0.29, 0.717) is 6.54 Å².